The summed E-state index contributed by atoms with van der Waals surface area (Å²) in [5.41, 5.74) is 9.71. The predicted octanol–water partition coefficient (Wildman–Crippen LogP) is 4.16. The molecule has 21 nitrogen and oxygen atoms in total. The molecule has 0 bridgehead atoms. The zero-order valence-corrected chi connectivity index (χ0v) is 42.5. The summed E-state index contributed by atoms with van der Waals surface area (Å²) in [5.74, 6) is -3.75. The number of nitrogens with two attached hydrogens (primary N) is 1. The highest BCUT2D eigenvalue weighted by Gasteiger charge is 2.32. The van der Waals surface area contributed by atoms with Crippen LogP contribution in [0.4, 0.5) is 21.9 Å². The smallest absolute Gasteiger partial charge is 0.409 e. The summed E-state index contributed by atoms with van der Waals surface area (Å²) in [5, 5.41) is 15.8. The van der Waals surface area contributed by atoms with Crippen molar-refractivity contribution < 1.29 is 47.9 Å². The van der Waals surface area contributed by atoms with Crippen molar-refractivity contribution in [3.63, 3.8) is 0 Å². The summed E-state index contributed by atoms with van der Waals surface area (Å²) >= 11 is 0. The van der Waals surface area contributed by atoms with Crippen LogP contribution >= 0.6 is 0 Å². The van der Waals surface area contributed by atoms with E-state index in [-0.39, 0.29) is 55.3 Å². The van der Waals surface area contributed by atoms with E-state index >= 15 is 0 Å². The number of benzene rings is 4. The van der Waals surface area contributed by atoms with Gasteiger partial charge >= 0.3 is 6.09 Å². The van der Waals surface area contributed by atoms with Gasteiger partial charge in [0.25, 0.3) is 23.6 Å². The topological polar surface area (TPSA) is 278 Å². The van der Waals surface area contributed by atoms with Crippen LogP contribution in [0.15, 0.2) is 103 Å². The van der Waals surface area contributed by atoms with Gasteiger partial charge in [0.2, 0.25) is 23.6 Å². The van der Waals surface area contributed by atoms with Crippen LogP contribution in [0, 0.1) is 5.92 Å². The molecule has 1 fully saturated rings. The number of fused-ring (bicyclic) bond motifs is 4. The average molecular weight is 1040 g/mol. The molecule has 0 aliphatic carbocycles. The van der Waals surface area contributed by atoms with Gasteiger partial charge in [0.15, 0.2) is 0 Å². The minimum absolute atomic E-state index is 0.0410. The van der Waals surface area contributed by atoms with Crippen molar-refractivity contribution in [2.45, 2.75) is 58.0 Å². The number of hydrogen-bond donors (Lipinski definition) is 7. The van der Waals surface area contributed by atoms with E-state index in [1.54, 1.807) is 52.3 Å². The normalized spacial score (nSPS) is 15.1. The summed E-state index contributed by atoms with van der Waals surface area (Å²) in [6, 6.07) is 20.4. The molecule has 9 amide bonds. The maximum atomic E-state index is 14.2. The van der Waals surface area contributed by atoms with Gasteiger partial charge in [0, 0.05) is 109 Å². The van der Waals surface area contributed by atoms with Crippen molar-refractivity contribution in [3.05, 3.63) is 120 Å². The summed E-state index contributed by atoms with van der Waals surface area (Å²) < 4.78 is 6.02. The maximum Gasteiger partial charge on any atom is 0.415 e. The minimum Gasteiger partial charge on any atom is -0.409 e. The van der Waals surface area contributed by atoms with Crippen LogP contribution in [-0.2, 0) is 35.2 Å². The molecular weight excluding hydrogens is 975 g/mol. The summed E-state index contributed by atoms with van der Waals surface area (Å²) in [4.78, 5) is 127. The van der Waals surface area contributed by atoms with E-state index in [1.807, 2.05) is 45.2 Å². The second-order valence-electron chi connectivity index (χ2n) is 19.5. The second-order valence-corrected chi connectivity index (χ2v) is 19.5. The van der Waals surface area contributed by atoms with Gasteiger partial charge in [0.1, 0.15) is 23.5 Å². The number of hydrogen-bond acceptors (Lipinski definition) is 12. The third-order valence-electron chi connectivity index (χ3n) is 13.3. The van der Waals surface area contributed by atoms with E-state index in [0.29, 0.717) is 65.5 Å². The van der Waals surface area contributed by atoms with Crippen LogP contribution in [0.3, 0.4) is 0 Å². The Bertz CT molecular complexity index is 3140. The number of aromatic nitrogens is 1. The van der Waals surface area contributed by atoms with E-state index in [1.165, 1.54) is 12.1 Å². The number of anilines is 3. The van der Waals surface area contributed by atoms with Crippen molar-refractivity contribution in [1.82, 2.24) is 35.6 Å². The van der Waals surface area contributed by atoms with Gasteiger partial charge in [0.05, 0.1) is 12.2 Å². The maximum absolute atomic E-state index is 14.2. The van der Waals surface area contributed by atoms with E-state index in [2.05, 4.69) is 43.0 Å². The Hall–Kier alpha value is -8.85. The van der Waals surface area contributed by atoms with Crippen molar-refractivity contribution in [2.75, 3.05) is 68.4 Å². The number of H-pyrrole nitrogens is 1. The fraction of sp³-hybridized carbons (Fsp3) is 0.327. The summed E-state index contributed by atoms with van der Waals surface area (Å²) in [6.07, 6.45) is 2.67. The molecule has 8 N–H and O–H groups in total. The van der Waals surface area contributed by atoms with Gasteiger partial charge in [-0.3, -0.25) is 43.3 Å². The van der Waals surface area contributed by atoms with E-state index in [0.717, 1.165) is 46.5 Å². The molecule has 4 aromatic carbocycles. The number of piperazine rings is 1. The number of likely N-dealkylation sites (N-methyl/N-ethyl adjacent to an activating group) is 1. The lowest BCUT2D eigenvalue weighted by Crippen LogP contribution is -2.54. The summed E-state index contributed by atoms with van der Waals surface area (Å²) in [6.45, 7) is 10.0. The molecule has 396 valence electrons. The number of nitrogens with one attached hydrogen (secondary N) is 6. The van der Waals surface area contributed by atoms with Crippen LogP contribution in [0.2, 0.25) is 0 Å². The number of rotatable bonds is 19. The Balaban J connectivity index is 0.854. The molecule has 3 aliphatic rings. The number of carbonyl (C=O) groups is 9. The minimum atomic E-state index is -1.24. The second kappa shape index (κ2) is 23.6. The number of carbonyl (C=O) groups excluding carboxylic acids is 9. The fourth-order valence-corrected chi connectivity index (χ4v) is 9.30. The van der Waals surface area contributed by atoms with Gasteiger partial charge in [-0.15, -0.1) is 0 Å². The van der Waals surface area contributed by atoms with Crippen molar-refractivity contribution in [3.8, 4) is 5.75 Å². The standard InChI is InChI=1S/C55H61N11O10/c1-32(2)26-42(62-53(73)43(27-33(3)56)61-48(68)31-57-47(67)10-7-20-66-49(69)17-18-50(66)70)52(72)58-36-13-11-34(12-14-36)51(71)59-37-15-16-41-35(28-37)29-44(60-41)54(74)65-21-19-39-38-8-5-6-9-40(38)46(30-45(39)65)76-55(75)64-24-22-63(4)23-25-64/h5-6,8-9,11-18,28-30,32,42-43,60H,3,7,10,19-27,31,56H2,1-2,4H3,(H,57,67)(H,58,72)(H,59,71)(H,61,68)(H,62,73)/t42-,43-/m0/s1. The molecule has 5 aromatic rings. The SMILES string of the molecule is C=C(N)C[C@H](NC(=O)CNC(=O)CCCN1C(=O)C=CC1=O)C(=O)N[C@@H](CC(C)C)C(=O)Nc1ccc(C(=O)Nc2ccc3[nH]c(C(=O)N4CCc5c4cc(OC(=O)N4CCN(C)CC4)c4ccccc54)cc3c2)cc1. The molecule has 4 heterocycles. The van der Waals surface area contributed by atoms with E-state index in [9.17, 15) is 43.2 Å². The fourth-order valence-electron chi connectivity index (χ4n) is 9.30. The molecule has 2 atom stereocenters. The van der Waals surface area contributed by atoms with Gasteiger partial charge in [-0.25, -0.2) is 4.79 Å². The zero-order chi connectivity index (χ0) is 54.2. The van der Waals surface area contributed by atoms with Crippen LogP contribution in [0.25, 0.3) is 21.7 Å². The van der Waals surface area contributed by atoms with Crippen LogP contribution in [0.1, 0.15) is 65.9 Å². The Labute approximate surface area is 438 Å². The first kappa shape index (κ1) is 53.4. The van der Waals surface area contributed by atoms with Gasteiger partial charge in [-0.05, 0) is 91.7 Å². The Morgan fingerprint density at radius 3 is 2.17 bits per heavy atom. The van der Waals surface area contributed by atoms with Gasteiger partial charge in [-0.1, -0.05) is 44.7 Å². The quantitative estimate of drug-likeness (QED) is 0.0575. The Morgan fingerprint density at radius 2 is 1.47 bits per heavy atom. The molecule has 0 spiro atoms. The Morgan fingerprint density at radius 1 is 0.776 bits per heavy atom. The average Bonchev–Trinajstić information content (AvgIpc) is 4.13. The van der Waals surface area contributed by atoms with E-state index in [4.69, 9.17) is 10.5 Å². The Kier molecular flexibility index (Phi) is 16.6. The lowest BCUT2D eigenvalue weighted by Gasteiger charge is -2.31. The molecule has 1 saturated heterocycles. The van der Waals surface area contributed by atoms with Crippen molar-refractivity contribution in [1.29, 1.82) is 0 Å². The highest BCUT2D eigenvalue weighted by atomic mass is 16.6. The predicted molar refractivity (Wildman–Crippen MR) is 285 cm³/mol. The lowest BCUT2D eigenvalue weighted by atomic mass is 10.0. The molecule has 21 heteroatoms. The van der Waals surface area contributed by atoms with Crippen LogP contribution < -0.4 is 42.0 Å². The first-order chi connectivity index (χ1) is 36.4. The largest absolute Gasteiger partial charge is 0.415 e. The van der Waals surface area contributed by atoms with Crippen LogP contribution in [-0.4, -0.2) is 138 Å². The number of imide groups is 1. The molecular formula is C55H61N11O10. The highest BCUT2D eigenvalue weighted by molar-refractivity contribution is 6.13. The number of ether oxygens (including phenoxy) is 1. The monoisotopic (exact) mass is 1040 g/mol. The molecule has 3 aliphatic heterocycles. The van der Waals surface area contributed by atoms with Crippen LogP contribution in [0.5, 0.6) is 5.75 Å². The first-order valence-corrected chi connectivity index (χ1v) is 25.1. The molecule has 1 aromatic heterocycles. The zero-order valence-electron chi connectivity index (χ0n) is 42.5. The number of nitrogens with zero attached hydrogens (tertiary/aromatic N) is 4. The van der Waals surface area contributed by atoms with Gasteiger partial charge in [-0.2, -0.15) is 0 Å². The van der Waals surface area contributed by atoms with Crippen molar-refractivity contribution in [2.24, 2.45) is 11.7 Å². The highest BCUT2D eigenvalue weighted by Crippen LogP contribution is 2.41. The van der Waals surface area contributed by atoms with Gasteiger partial charge < -0.3 is 56.7 Å². The molecule has 0 saturated carbocycles. The lowest BCUT2D eigenvalue weighted by molar-refractivity contribution is -0.137. The molecule has 0 radical (unpaired) electrons. The van der Waals surface area contributed by atoms with E-state index < -0.39 is 66.1 Å². The number of aromatic amines is 1. The third-order valence-corrected chi connectivity index (χ3v) is 13.3. The third kappa shape index (κ3) is 12.9. The van der Waals surface area contributed by atoms with Crippen molar-refractivity contribution >= 4 is 92.1 Å². The molecule has 76 heavy (non-hydrogen) atoms. The molecule has 0 unspecified atom stereocenters. The molecule has 8 rings (SSSR count). The summed E-state index contributed by atoms with van der Waals surface area (Å²) in [7, 11) is 2.01. The first-order valence-electron chi connectivity index (χ1n) is 25.1. The number of amides is 9.